The molecule has 3 aromatic carbocycles. The summed E-state index contributed by atoms with van der Waals surface area (Å²) in [6.45, 7) is 0. The van der Waals surface area contributed by atoms with Crippen LogP contribution in [0.3, 0.4) is 0 Å². The van der Waals surface area contributed by atoms with Crippen LogP contribution in [-0.2, 0) is 10.1 Å². The SMILES string of the molecule is COc1ccc(C(=O)N/N=C\c2ccc(OS(=O)(=O)c3ccccc3[N+](=O)[O-])c(OC)c2)cc1. The molecule has 0 heterocycles. The monoisotopic (exact) mass is 485 g/mol. The van der Waals surface area contributed by atoms with Crippen molar-refractivity contribution in [2.75, 3.05) is 14.2 Å². The summed E-state index contributed by atoms with van der Waals surface area (Å²) >= 11 is 0. The number of rotatable bonds is 9. The Morgan fingerprint density at radius 3 is 2.35 bits per heavy atom. The highest BCUT2D eigenvalue weighted by Gasteiger charge is 2.28. The van der Waals surface area contributed by atoms with Gasteiger partial charge in [-0.3, -0.25) is 14.9 Å². The molecule has 0 atom stereocenters. The lowest BCUT2D eigenvalue weighted by atomic mass is 10.2. The summed E-state index contributed by atoms with van der Waals surface area (Å²) in [5.41, 5.74) is 2.59. The second-order valence-corrected chi connectivity index (χ2v) is 8.11. The maximum Gasteiger partial charge on any atom is 0.346 e. The Balaban J connectivity index is 1.75. The third-order valence-corrected chi connectivity index (χ3v) is 5.73. The molecule has 1 N–H and O–H groups in total. The molecular formula is C22H19N3O8S. The Morgan fingerprint density at radius 2 is 1.71 bits per heavy atom. The quantitative estimate of drug-likeness (QED) is 0.210. The van der Waals surface area contributed by atoms with Crippen molar-refractivity contribution in [3.63, 3.8) is 0 Å². The lowest BCUT2D eigenvalue weighted by Gasteiger charge is -2.11. The third kappa shape index (κ3) is 5.66. The average Bonchev–Trinajstić information content (AvgIpc) is 2.84. The van der Waals surface area contributed by atoms with Gasteiger partial charge in [-0.05, 0) is 54.1 Å². The number of nitrogens with one attached hydrogen (secondary N) is 1. The van der Waals surface area contributed by atoms with Crippen LogP contribution in [0.5, 0.6) is 17.2 Å². The van der Waals surface area contributed by atoms with Crippen molar-refractivity contribution in [3.05, 3.63) is 88.0 Å². The van der Waals surface area contributed by atoms with E-state index in [2.05, 4.69) is 10.5 Å². The molecule has 3 aromatic rings. The van der Waals surface area contributed by atoms with Gasteiger partial charge in [0, 0.05) is 11.6 Å². The summed E-state index contributed by atoms with van der Waals surface area (Å²) < 4.78 is 40.6. The number of methoxy groups -OCH3 is 2. The second-order valence-electron chi connectivity index (χ2n) is 6.60. The van der Waals surface area contributed by atoms with E-state index < -0.39 is 31.5 Å². The Morgan fingerprint density at radius 1 is 1.00 bits per heavy atom. The van der Waals surface area contributed by atoms with E-state index >= 15 is 0 Å². The van der Waals surface area contributed by atoms with Crippen LogP contribution in [-0.4, -0.2) is 39.7 Å². The molecule has 0 aromatic heterocycles. The normalized spacial score (nSPS) is 11.1. The van der Waals surface area contributed by atoms with Gasteiger partial charge in [0.05, 0.1) is 25.4 Å². The van der Waals surface area contributed by atoms with Crippen LogP contribution in [0.2, 0.25) is 0 Å². The number of nitrogens with zero attached hydrogens (tertiary/aromatic N) is 2. The minimum Gasteiger partial charge on any atom is -0.497 e. The number of nitro benzene ring substituents is 1. The number of hydrazone groups is 1. The van der Waals surface area contributed by atoms with Crippen molar-refractivity contribution in [2.24, 2.45) is 5.10 Å². The van der Waals surface area contributed by atoms with Gasteiger partial charge in [-0.25, -0.2) is 5.43 Å². The number of benzene rings is 3. The maximum absolute atomic E-state index is 12.6. The first kappa shape index (κ1) is 24.2. The van der Waals surface area contributed by atoms with Crippen LogP contribution < -0.4 is 19.1 Å². The fraction of sp³-hybridized carbons (Fsp3) is 0.0909. The summed E-state index contributed by atoms with van der Waals surface area (Å²) in [6.07, 6.45) is 1.32. The van der Waals surface area contributed by atoms with E-state index in [1.807, 2.05) is 0 Å². The molecule has 0 spiro atoms. The predicted octanol–water partition coefficient (Wildman–Crippen LogP) is 3.14. The number of hydrogen-bond acceptors (Lipinski definition) is 9. The van der Waals surface area contributed by atoms with Crippen molar-refractivity contribution < 1.29 is 31.8 Å². The molecule has 1 amide bonds. The highest BCUT2D eigenvalue weighted by atomic mass is 32.2. The molecule has 3 rings (SSSR count). The zero-order chi connectivity index (χ0) is 24.7. The smallest absolute Gasteiger partial charge is 0.346 e. The number of amides is 1. The molecule has 0 saturated carbocycles. The number of nitro groups is 1. The number of para-hydroxylation sites is 1. The third-order valence-electron chi connectivity index (χ3n) is 4.45. The summed E-state index contributed by atoms with van der Waals surface area (Å²) in [4.78, 5) is 21.9. The molecule has 0 fully saturated rings. The van der Waals surface area contributed by atoms with Gasteiger partial charge >= 0.3 is 10.1 Å². The summed E-state index contributed by atoms with van der Waals surface area (Å²) in [6, 6.07) is 15.5. The molecular weight excluding hydrogens is 466 g/mol. The van der Waals surface area contributed by atoms with Crippen LogP contribution in [0.15, 0.2) is 76.7 Å². The highest BCUT2D eigenvalue weighted by molar-refractivity contribution is 7.87. The Hall–Kier alpha value is -4.45. The van der Waals surface area contributed by atoms with Crippen LogP contribution >= 0.6 is 0 Å². The van der Waals surface area contributed by atoms with E-state index in [4.69, 9.17) is 13.7 Å². The standard InChI is InChI=1S/C22H19N3O8S/c1-31-17-10-8-16(9-11-17)22(26)24-23-14-15-7-12-19(20(13-15)32-2)33-34(29,30)21-6-4-3-5-18(21)25(27)28/h3-14H,1-2H3,(H,24,26)/b23-14-. The summed E-state index contributed by atoms with van der Waals surface area (Å²) in [5, 5.41) is 15.0. The van der Waals surface area contributed by atoms with Crippen LogP contribution in [0.1, 0.15) is 15.9 Å². The largest absolute Gasteiger partial charge is 0.497 e. The van der Waals surface area contributed by atoms with Gasteiger partial charge in [0.1, 0.15) is 5.75 Å². The van der Waals surface area contributed by atoms with E-state index in [1.165, 1.54) is 50.8 Å². The zero-order valence-corrected chi connectivity index (χ0v) is 18.8. The van der Waals surface area contributed by atoms with Gasteiger partial charge in [0.25, 0.3) is 11.6 Å². The van der Waals surface area contributed by atoms with E-state index in [1.54, 1.807) is 24.3 Å². The molecule has 176 valence electrons. The molecule has 11 nitrogen and oxygen atoms in total. The number of carbonyl (C=O) groups excluding carboxylic acids is 1. The van der Waals surface area contributed by atoms with Crippen molar-refractivity contribution in [2.45, 2.75) is 4.90 Å². The van der Waals surface area contributed by atoms with Crippen molar-refractivity contribution in [3.8, 4) is 17.2 Å². The molecule has 0 aliphatic heterocycles. The average molecular weight is 485 g/mol. The van der Waals surface area contributed by atoms with Gasteiger partial charge in [0.2, 0.25) is 0 Å². The van der Waals surface area contributed by atoms with Crippen LogP contribution in [0.4, 0.5) is 5.69 Å². The zero-order valence-electron chi connectivity index (χ0n) is 18.0. The minimum atomic E-state index is -4.52. The topological polar surface area (TPSA) is 146 Å². The lowest BCUT2D eigenvalue weighted by molar-refractivity contribution is -0.387. The van der Waals surface area contributed by atoms with E-state index in [0.29, 0.717) is 16.9 Å². The van der Waals surface area contributed by atoms with E-state index in [0.717, 1.165) is 12.1 Å². The van der Waals surface area contributed by atoms with Crippen molar-refractivity contribution in [1.29, 1.82) is 0 Å². The number of ether oxygens (including phenoxy) is 2. The first-order valence-corrected chi connectivity index (χ1v) is 11.0. The number of hydrogen-bond donors (Lipinski definition) is 1. The minimum absolute atomic E-state index is 0.0348. The predicted molar refractivity (Wildman–Crippen MR) is 122 cm³/mol. The van der Waals surface area contributed by atoms with E-state index in [9.17, 15) is 23.3 Å². The maximum atomic E-state index is 12.6. The Kier molecular flexibility index (Phi) is 7.43. The van der Waals surface area contributed by atoms with Crippen molar-refractivity contribution >= 4 is 27.9 Å². The molecule has 0 saturated heterocycles. The van der Waals surface area contributed by atoms with Crippen LogP contribution in [0, 0.1) is 10.1 Å². The first-order chi connectivity index (χ1) is 16.2. The Bertz CT molecular complexity index is 1340. The van der Waals surface area contributed by atoms with Gasteiger partial charge in [0.15, 0.2) is 16.4 Å². The molecule has 34 heavy (non-hydrogen) atoms. The van der Waals surface area contributed by atoms with Gasteiger partial charge in [-0.1, -0.05) is 12.1 Å². The Labute approximate surface area is 194 Å². The van der Waals surface area contributed by atoms with Gasteiger partial charge in [-0.2, -0.15) is 13.5 Å². The molecule has 12 heteroatoms. The molecule has 0 unspecified atom stereocenters. The van der Waals surface area contributed by atoms with Crippen molar-refractivity contribution in [1.82, 2.24) is 5.43 Å². The molecule has 0 bridgehead atoms. The first-order valence-electron chi connectivity index (χ1n) is 9.58. The second kappa shape index (κ2) is 10.4. The highest BCUT2D eigenvalue weighted by Crippen LogP contribution is 2.32. The number of carbonyl (C=O) groups is 1. The lowest BCUT2D eigenvalue weighted by Crippen LogP contribution is -2.17. The van der Waals surface area contributed by atoms with Gasteiger partial charge in [-0.15, -0.1) is 0 Å². The van der Waals surface area contributed by atoms with Gasteiger partial charge < -0.3 is 13.7 Å². The fourth-order valence-corrected chi connectivity index (χ4v) is 3.90. The molecule has 0 aliphatic carbocycles. The fourth-order valence-electron chi connectivity index (χ4n) is 2.79. The summed E-state index contributed by atoms with van der Waals surface area (Å²) in [7, 11) is -1.70. The van der Waals surface area contributed by atoms with E-state index in [-0.39, 0.29) is 11.5 Å². The molecule has 0 aliphatic rings. The summed E-state index contributed by atoms with van der Waals surface area (Å²) in [5.74, 6) is 0.0207. The van der Waals surface area contributed by atoms with Crippen LogP contribution in [0.25, 0.3) is 0 Å². The molecule has 0 radical (unpaired) electrons.